The maximum atomic E-state index is 14.5. The van der Waals surface area contributed by atoms with Crippen molar-refractivity contribution in [3.05, 3.63) is 35.9 Å². The number of nitrogens with one attached hydrogen (secondary N) is 11. The molecular formula is C60H102N14O14. The van der Waals surface area contributed by atoms with Crippen molar-refractivity contribution in [1.29, 1.82) is 0 Å². The molecule has 1 aromatic carbocycles. The number of likely N-dealkylation sites (N-methyl/N-ethyl adjacent to an activating group) is 1. The van der Waals surface area contributed by atoms with E-state index in [1.165, 1.54) is 20.8 Å². The first-order valence-corrected chi connectivity index (χ1v) is 30.6. The minimum Gasteiger partial charge on any atom is -0.458 e. The van der Waals surface area contributed by atoms with Gasteiger partial charge < -0.3 is 84.9 Å². The molecule has 0 spiro atoms. The molecule has 0 bridgehead atoms. The van der Waals surface area contributed by atoms with Crippen LogP contribution in [0.25, 0.3) is 0 Å². The Balaban J connectivity index is 2.47. The number of amides is 10. The van der Waals surface area contributed by atoms with Gasteiger partial charge in [-0.2, -0.15) is 0 Å². The molecule has 10 amide bonds. The lowest BCUT2D eigenvalue weighted by Crippen LogP contribution is -2.68. The Morgan fingerprint density at radius 1 is 0.625 bits per heavy atom. The van der Waals surface area contributed by atoms with Crippen molar-refractivity contribution in [3.8, 4) is 0 Å². The Morgan fingerprint density at radius 2 is 1.09 bits per heavy atom. The Morgan fingerprint density at radius 3 is 1.56 bits per heavy atom. The van der Waals surface area contributed by atoms with E-state index in [2.05, 4.69) is 63.5 Å². The number of rotatable bonds is 33. The molecule has 496 valence electrons. The van der Waals surface area contributed by atoms with E-state index in [4.69, 9.17) is 16.2 Å². The molecule has 1 saturated heterocycles. The first-order valence-electron chi connectivity index (χ1n) is 30.6. The number of guanidine groups is 1. The summed E-state index contributed by atoms with van der Waals surface area (Å²) >= 11 is 0. The van der Waals surface area contributed by atoms with Crippen molar-refractivity contribution in [1.82, 2.24) is 58.5 Å². The predicted molar refractivity (Wildman–Crippen MR) is 330 cm³/mol. The highest BCUT2D eigenvalue weighted by Gasteiger charge is 2.47. The van der Waals surface area contributed by atoms with Crippen LogP contribution in [0.15, 0.2) is 35.3 Å². The molecule has 88 heavy (non-hydrogen) atoms. The fourth-order valence-corrected chi connectivity index (χ4v) is 9.37. The zero-order valence-electron chi connectivity index (χ0n) is 53.8. The van der Waals surface area contributed by atoms with E-state index in [0.29, 0.717) is 25.7 Å². The number of esters is 1. The minimum atomic E-state index is -2.20. The van der Waals surface area contributed by atoms with Gasteiger partial charge in [-0.1, -0.05) is 125 Å². The van der Waals surface area contributed by atoms with Crippen molar-refractivity contribution < 1.29 is 67.7 Å². The van der Waals surface area contributed by atoms with Crippen molar-refractivity contribution in [3.63, 3.8) is 0 Å². The molecule has 1 heterocycles. The molecule has 28 heteroatoms. The van der Waals surface area contributed by atoms with Gasteiger partial charge in [0.1, 0.15) is 60.5 Å². The lowest BCUT2D eigenvalue weighted by Gasteiger charge is -2.37. The molecule has 28 nitrogen and oxygen atoms in total. The van der Waals surface area contributed by atoms with Crippen molar-refractivity contribution >= 4 is 71.0 Å². The Hall–Kier alpha value is -7.46. The number of aliphatic hydroxyl groups is 2. The summed E-state index contributed by atoms with van der Waals surface area (Å²) in [5, 5.41) is 50.2. The van der Waals surface area contributed by atoms with Crippen molar-refractivity contribution in [2.45, 2.75) is 213 Å². The zero-order valence-corrected chi connectivity index (χ0v) is 53.8. The third kappa shape index (κ3) is 23.2. The van der Waals surface area contributed by atoms with Crippen LogP contribution in [0.2, 0.25) is 0 Å². The average Bonchev–Trinajstić information content (AvgIpc) is 2.80. The molecular weight excluding hydrogens is 1140 g/mol. The maximum absolute atomic E-state index is 14.5. The molecule has 1 aliphatic rings. The van der Waals surface area contributed by atoms with Crippen LogP contribution in [-0.2, 0) is 63.9 Å². The Bertz CT molecular complexity index is 2540. The molecule has 2 rings (SSSR count). The lowest BCUT2D eigenvalue weighted by atomic mass is 9.92. The number of benzene rings is 1. The number of carbonyl (C=O) groups is 11. The summed E-state index contributed by atoms with van der Waals surface area (Å²) in [5.41, 5.74) is 9.75. The fraction of sp³-hybridized carbons (Fsp3) is 0.700. The van der Waals surface area contributed by atoms with Crippen LogP contribution in [0.3, 0.4) is 0 Å². The van der Waals surface area contributed by atoms with Crippen LogP contribution < -0.4 is 70.0 Å². The van der Waals surface area contributed by atoms with E-state index >= 15 is 0 Å². The maximum Gasteiger partial charge on any atom is 0.329 e. The number of aliphatic hydroxyl groups excluding tert-OH is 2. The summed E-state index contributed by atoms with van der Waals surface area (Å²) in [6.45, 7) is 19.4. The molecule has 1 fully saturated rings. The number of carbonyl (C=O) groups excluding carboxylic acids is 11. The van der Waals surface area contributed by atoms with Gasteiger partial charge >= 0.3 is 5.97 Å². The number of aliphatic imine (C=N–C) groups is 1. The van der Waals surface area contributed by atoms with E-state index in [-0.39, 0.29) is 44.1 Å². The molecule has 0 aliphatic carbocycles. The molecule has 0 aromatic heterocycles. The second kappa shape index (κ2) is 37.4. The van der Waals surface area contributed by atoms with Crippen LogP contribution in [0, 0.1) is 29.6 Å². The van der Waals surface area contributed by atoms with Crippen LogP contribution in [0.1, 0.15) is 141 Å². The average molecular weight is 1240 g/mol. The second-order valence-corrected chi connectivity index (χ2v) is 23.7. The predicted octanol–water partition coefficient (Wildman–Crippen LogP) is -1.71. The van der Waals surface area contributed by atoms with Gasteiger partial charge in [0.05, 0.1) is 19.3 Å². The zero-order chi connectivity index (χ0) is 66.7. The fourth-order valence-electron chi connectivity index (χ4n) is 9.37. The highest BCUT2D eigenvalue weighted by atomic mass is 16.5. The molecule has 0 unspecified atom stereocenters. The summed E-state index contributed by atoms with van der Waals surface area (Å²) < 4.78 is 5.83. The molecule has 17 N–H and O–H groups in total. The molecule has 1 aliphatic heterocycles. The van der Waals surface area contributed by atoms with Gasteiger partial charge in [0.2, 0.25) is 59.1 Å². The largest absolute Gasteiger partial charge is 0.458 e. The third-order valence-corrected chi connectivity index (χ3v) is 16.3. The summed E-state index contributed by atoms with van der Waals surface area (Å²) in [6, 6.07) is -3.94. The highest BCUT2D eigenvalue weighted by molar-refractivity contribution is 6.00. The van der Waals surface area contributed by atoms with Gasteiger partial charge in [0, 0.05) is 6.54 Å². The van der Waals surface area contributed by atoms with Crippen LogP contribution in [0.5, 0.6) is 0 Å². The number of nitrogens with two attached hydrogens (primary N) is 2. The monoisotopic (exact) mass is 1240 g/mol. The van der Waals surface area contributed by atoms with Crippen LogP contribution in [-0.4, -0.2) is 180 Å². The van der Waals surface area contributed by atoms with Gasteiger partial charge in [-0.25, -0.2) is 4.79 Å². The minimum absolute atomic E-state index is 0.0136. The van der Waals surface area contributed by atoms with E-state index in [9.17, 15) is 63.0 Å². The van der Waals surface area contributed by atoms with Gasteiger partial charge in [0.15, 0.2) is 11.5 Å². The number of hydrogen-bond donors (Lipinski definition) is 15. The normalized spacial score (nSPS) is 22.0. The number of nitrogens with zero attached hydrogens (tertiary/aromatic N) is 1. The van der Waals surface area contributed by atoms with Gasteiger partial charge in [-0.3, -0.25) is 52.9 Å². The summed E-state index contributed by atoms with van der Waals surface area (Å²) in [7, 11) is 1.61. The quantitative estimate of drug-likeness (QED) is 0.0161. The smallest absolute Gasteiger partial charge is 0.329 e. The summed E-state index contributed by atoms with van der Waals surface area (Å²) in [5.74, 6) is -12.0. The molecule has 0 radical (unpaired) electrons. The van der Waals surface area contributed by atoms with E-state index in [1.807, 2.05) is 51.1 Å². The second-order valence-electron chi connectivity index (χ2n) is 23.7. The van der Waals surface area contributed by atoms with E-state index in [0.717, 1.165) is 5.56 Å². The first kappa shape index (κ1) is 76.6. The van der Waals surface area contributed by atoms with Crippen LogP contribution in [0.4, 0.5) is 0 Å². The highest BCUT2D eigenvalue weighted by Crippen LogP contribution is 2.21. The topological polar surface area (TPSA) is 434 Å². The van der Waals surface area contributed by atoms with Crippen molar-refractivity contribution in [2.75, 3.05) is 26.8 Å². The SMILES string of the molecule is CC[C@@H](C)[C@@H](NC(=O)[C@@H](CCCN=C(N)N)NC(=O)[C@H](CO)NC(=O)[C@@H](NC(=O)[C@@H](Cc1ccccc1)NC)[C@@H](C)CC)C(=O)N[C@H](C(=O)N[C@@H](CO)C(=O)N[C@@]1(C)C(=O)N[C@@H](C)C(=O)N[C@@H](CC(C)C)C(=O)N[C@@H]([C@@H](C)CC)C(=O)O[C@H]1C)[C@@H](C)CC. The van der Waals surface area contributed by atoms with E-state index in [1.54, 1.807) is 55.5 Å². The molecule has 0 saturated carbocycles. The Kier molecular flexibility index (Phi) is 32.6. The Labute approximate surface area is 517 Å². The van der Waals surface area contributed by atoms with E-state index < -0.39 is 174 Å². The standard InChI is InChI=1S/C60H102N14O14/c1-15-32(7)44(71-50(79)40(63-14)28-38-23-20-19-21-24-38)54(83)68-42(29-75)52(81)66-39(25-22-26-64-59(61)62)49(78)70-46(34(9)17-3)56(85)72-45(33(8)16-2)55(84)69-43(30-76)53(82)74-60(13)37(12)88-57(86)47(35(10)18-4)73-51(80)41(27-31(5)6)67-48(77)36(11)65-58(60)87/h19-21,23-24,31-37,39-47,63,75-76H,15-18,22,25-30H2,1-14H3,(H,65,87)(H,66,81)(H,67,77)(H,68,83)(H,69,84)(H,70,78)(H,71,79)(H,72,85)(H,73,80)(H,74,82)(H4,61,62,64)/t32-,33-,34+,35-,36-,37-,39+,40+,41-,42-,43-,44-,45-,46+,47-,60+/m0/s1. The van der Waals surface area contributed by atoms with Crippen LogP contribution >= 0.6 is 0 Å². The molecule has 1 aromatic rings. The number of cyclic esters (lactones) is 1. The summed E-state index contributed by atoms with van der Waals surface area (Å²) in [4.78, 5) is 158. The third-order valence-electron chi connectivity index (χ3n) is 16.3. The first-order chi connectivity index (χ1) is 41.4. The van der Waals surface area contributed by atoms with Gasteiger partial charge in [-0.15, -0.1) is 0 Å². The summed E-state index contributed by atoms with van der Waals surface area (Å²) in [6.07, 6.45) is 0.410. The lowest BCUT2D eigenvalue weighted by molar-refractivity contribution is -0.161. The number of ether oxygens (including phenoxy) is 1. The van der Waals surface area contributed by atoms with Gasteiger partial charge in [0.25, 0.3) is 0 Å². The molecule has 16 atom stereocenters. The van der Waals surface area contributed by atoms with Crippen molar-refractivity contribution in [2.24, 2.45) is 46.0 Å². The number of hydrogen-bond acceptors (Lipinski definition) is 16. The van der Waals surface area contributed by atoms with Gasteiger partial charge in [-0.05, 0) is 88.7 Å².